The molecule has 2 N–H and O–H groups in total. The largest absolute Gasteiger partial charge is 0.545 e. The highest BCUT2D eigenvalue weighted by Crippen LogP contribution is 2.26. The molecule has 4 rings (SSSR count). The zero-order valence-corrected chi connectivity index (χ0v) is 21.4. The van der Waals surface area contributed by atoms with E-state index in [0.717, 1.165) is 12.1 Å². The van der Waals surface area contributed by atoms with Crippen molar-refractivity contribution in [2.24, 2.45) is 0 Å². The summed E-state index contributed by atoms with van der Waals surface area (Å²) in [4.78, 5) is 21.8. The third-order valence-corrected chi connectivity index (χ3v) is 8.00. The van der Waals surface area contributed by atoms with Crippen LogP contribution >= 0.6 is 0 Å². The molecule has 0 saturated heterocycles. The van der Waals surface area contributed by atoms with Gasteiger partial charge in [0.2, 0.25) is 0 Å². The van der Waals surface area contributed by atoms with Crippen molar-refractivity contribution in [2.45, 2.75) is 9.79 Å². The molecule has 0 atom stereocenters. The van der Waals surface area contributed by atoms with Crippen molar-refractivity contribution >= 4 is 43.4 Å². The molecular formula is C26H18N2O9S2-2. The molecule has 39 heavy (non-hydrogen) atoms. The number of carboxylic acid groups (broad SMARTS) is 2. The van der Waals surface area contributed by atoms with E-state index in [1.165, 1.54) is 84.9 Å². The smallest absolute Gasteiger partial charge is 0.261 e. The van der Waals surface area contributed by atoms with Crippen molar-refractivity contribution < 1.29 is 41.4 Å². The minimum atomic E-state index is -4.03. The van der Waals surface area contributed by atoms with Crippen molar-refractivity contribution in [2.75, 3.05) is 9.44 Å². The quantitative estimate of drug-likeness (QED) is 0.289. The van der Waals surface area contributed by atoms with Crippen LogP contribution < -0.4 is 24.4 Å². The van der Waals surface area contributed by atoms with E-state index in [-0.39, 0.29) is 43.8 Å². The number of carboxylic acids is 2. The third-order valence-electron chi connectivity index (χ3n) is 5.20. The molecule has 11 nitrogen and oxygen atoms in total. The number of rotatable bonds is 10. The van der Waals surface area contributed by atoms with Gasteiger partial charge < -0.3 is 24.5 Å². The zero-order chi connectivity index (χ0) is 28.2. The number of ether oxygens (including phenoxy) is 1. The molecule has 0 unspecified atom stereocenters. The summed E-state index contributed by atoms with van der Waals surface area (Å²) in [5.41, 5.74) is -0.265. The van der Waals surface area contributed by atoms with Crippen LogP contribution in [-0.2, 0) is 20.0 Å². The fraction of sp³-hybridized carbons (Fsp3) is 0. The lowest BCUT2D eigenvalue weighted by atomic mass is 10.2. The van der Waals surface area contributed by atoms with Crippen molar-refractivity contribution in [3.05, 3.63) is 108 Å². The van der Waals surface area contributed by atoms with Gasteiger partial charge in [-0.2, -0.15) is 0 Å². The predicted octanol–water partition coefficient (Wildman–Crippen LogP) is 1.81. The van der Waals surface area contributed by atoms with Gasteiger partial charge in [-0.3, -0.25) is 9.44 Å². The van der Waals surface area contributed by atoms with Crippen molar-refractivity contribution in [1.29, 1.82) is 0 Å². The van der Waals surface area contributed by atoms with Gasteiger partial charge in [0.15, 0.2) is 0 Å². The molecule has 4 aromatic carbocycles. The Hall–Kier alpha value is -4.88. The maximum atomic E-state index is 12.7. The van der Waals surface area contributed by atoms with Crippen LogP contribution in [0.3, 0.4) is 0 Å². The van der Waals surface area contributed by atoms with Crippen LogP contribution in [0.4, 0.5) is 11.4 Å². The number of sulfonamides is 2. The van der Waals surface area contributed by atoms with Crippen molar-refractivity contribution in [3.63, 3.8) is 0 Å². The summed E-state index contributed by atoms with van der Waals surface area (Å²) in [5.74, 6) is -2.35. The van der Waals surface area contributed by atoms with E-state index < -0.39 is 32.0 Å². The highest BCUT2D eigenvalue weighted by molar-refractivity contribution is 7.93. The molecule has 0 bridgehead atoms. The van der Waals surface area contributed by atoms with Gasteiger partial charge in [0, 0.05) is 11.4 Å². The number of benzene rings is 4. The first-order valence-corrected chi connectivity index (χ1v) is 14.0. The molecule has 0 fully saturated rings. The molecule has 0 aliphatic rings. The predicted molar refractivity (Wildman–Crippen MR) is 136 cm³/mol. The van der Waals surface area contributed by atoms with Gasteiger partial charge in [0.05, 0.1) is 21.7 Å². The van der Waals surface area contributed by atoms with Gasteiger partial charge in [-0.25, -0.2) is 16.8 Å². The first-order valence-electron chi connectivity index (χ1n) is 11.0. The van der Waals surface area contributed by atoms with Crippen LogP contribution in [0.15, 0.2) is 107 Å². The average Bonchev–Trinajstić information content (AvgIpc) is 2.89. The fourth-order valence-electron chi connectivity index (χ4n) is 3.36. The maximum Gasteiger partial charge on any atom is 0.261 e. The number of nitrogens with one attached hydrogen (secondary N) is 2. The Morgan fingerprint density at radius 2 is 0.923 bits per heavy atom. The van der Waals surface area contributed by atoms with E-state index in [9.17, 15) is 36.6 Å². The van der Waals surface area contributed by atoms with Crippen LogP contribution in [0.5, 0.6) is 11.5 Å². The second-order valence-electron chi connectivity index (χ2n) is 7.99. The van der Waals surface area contributed by atoms with Crippen LogP contribution in [0.1, 0.15) is 20.7 Å². The standard InChI is InChI=1S/C26H20N2O9S2/c29-25(30)17-3-1-5-19(15-17)27-38(33,34)23-11-7-21(8-12-23)37-22-9-13-24(14-10-22)39(35,36)28-20-6-2-4-18(16-20)26(31)32/h1-16,27-28H,(H,29,30)(H,31,32)/p-2. The Morgan fingerprint density at radius 3 is 1.26 bits per heavy atom. The zero-order valence-electron chi connectivity index (χ0n) is 19.7. The highest BCUT2D eigenvalue weighted by Gasteiger charge is 2.16. The number of anilines is 2. The Bertz CT molecular complexity index is 1620. The third kappa shape index (κ3) is 6.71. The Labute approximate surface area is 223 Å². The van der Waals surface area contributed by atoms with E-state index in [0.29, 0.717) is 0 Å². The average molecular weight is 567 g/mol. The summed E-state index contributed by atoms with van der Waals surface area (Å²) < 4.78 is 60.9. The van der Waals surface area contributed by atoms with Gasteiger partial charge >= 0.3 is 0 Å². The van der Waals surface area contributed by atoms with Crippen molar-refractivity contribution in [1.82, 2.24) is 0 Å². The number of hydrogen-bond acceptors (Lipinski definition) is 9. The number of carbonyl (C=O) groups is 2. The first kappa shape index (κ1) is 27.2. The van der Waals surface area contributed by atoms with Crippen LogP contribution in [-0.4, -0.2) is 28.8 Å². The van der Waals surface area contributed by atoms with E-state index in [4.69, 9.17) is 4.74 Å². The molecular weight excluding hydrogens is 548 g/mol. The summed E-state index contributed by atoms with van der Waals surface area (Å²) in [7, 11) is -8.06. The lowest BCUT2D eigenvalue weighted by molar-refractivity contribution is -0.256. The topological polar surface area (TPSA) is 182 Å². The van der Waals surface area contributed by atoms with Gasteiger partial charge in [-0.15, -0.1) is 0 Å². The molecule has 0 aromatic heterocycles. The van der Waals surface area contributed by atoms with Crippen molar-refractivity contribution in [3.8, 4) is 11.5 Å². The fourth-order valence-corrected chi connectivity index (χ4v) is 5.46. The molecule has 0 heterocycles. The van der Waals surface area contributed by atoms with Gasteiger partial charge in [-0.1, -0.05) is 24.3 Å². The normalized spacial score (nSPS) is 11.4. The maximum absolute atomic E-state index is 12.7. The minimum absolute atomic E-state index is 0.0492. The van der Waals surface area contributed by atoms with E-state index >= 15 is 0 Å². The summed E-state index contributed by atoms with van der Waals surface area (Å²) >= 11 is 0. The summed E-state index contributed by atoms with van der Waals surface area (Å²) in [6.45, 7) is 0. The Kier molecular flexibility index (Phi) is 7.56. The van der Waals surface area contributed by atoms with E-state index in [1.54, 1.807) is 0 Å². The number of carbonyl (C=O) groups excluding carboxylic acids is 2. The molecule has 4 aromatic rings. The summed E-state index contributed by atoms with van der Waals surface area (Å²) in [6, 6.07) is 21.0. The lowest BCUT2D eigenvalue weighted by Gasteiger charge is -2.12. The van der Waals surface area contributed by atoms with Gasteiger partial charge in [0.25, 0.3) is 20.0 Å². The van der Waals surface area contributed by atoms with E-state index in [1.807, 2.05) is 0 Å². The Balaban J connectivity index is 1.43. The first-order chi connectivity index (χ1) is 18.4. The molecule has 0 saturated carbocycles. The highest BCUT2D eigenvalue weighted by atomic mass is 32.2. The molecule has 13 heteroatoms. The second kappa shape index (κ2) is 10.8. The molecule has 200 valence electrons. The molecule has 0 radical (unpaired) electrons. The SMILES string of the molecule is O=C([O-])c1cccc(NS(=O)(=O)c2ccc(Oc3ccc(S(=O)(=O)Nc4cccc(C(=O)[O-])c4)cc3)cc2)c1. The van der Waals surface area contributed by atoms with Gasteiger partial charge in [0.1, 0.15) is 11.5 Å². The van der Waals surface area contributed by atoms with Crippen LogP contribution in [0.25, 0.3) is 0 Å². The number of hydrogen-bond donors (Lipinski definition) is 2. The minimum Gasteiger partial charge on any atom is -0.545 e. The summed E-state index contributed by atoms with van der Waals surface area (Å²) in [5, 5.41) is 22.0. The number of aromatic carboxylic acids is 2. The van der Waals surface area contributed by atoms with E-state index in [2.05, 4.69) is 9.44 Å². The monoisotopic (exact) mass is 566 g/mol. The van der Waals surface area contributed by atoms with Crippen LogP contribution in [0.2, 0.25) is 0 Å². The van der Waals surface area contributed by atoms with Crippen LogP contribution in [0, 0.1) is 0 Å². The Morgan fingerprint density at radius 1 is 0.564 bits per heavy atom. The van der Waals surface area contributed by atoms with Gasteiger partial charge in [-0.05, 0) is 83.9 Å². The molecule has 0 spiro atoms. The lowest BCUT2D eigenvalue weighted by Crippen LogP contribution is -2.22. The molecule has 0 aliphatic heterocycles. The second-order valence-corrected chi connectivity index (χ2v) is 11.4. The summed E-state index contributed by atoms with van der Waals surface area (Å²) in [6.07, 6.45) is 0. The molecule has 0 aliphatic carbocycles. The molecule has 0 amide bonds.